The lowest BCUT2D eigenvalue weighted by atomic mass is 10.4. The Morgan fingerprint density at radius 2 is 2.39 bits per heavy atom. The van der Waals surface area contributed by atoms with Crippen molar-refractivity contribution in [1.82, 2.24) is 20.3 Å². The molecular weight excluding hydrogens is 236 g/mol. The summed E-state index contributed by atoms with van der Waals surface area (Å²) in [5, 5.41) is 20.8. The van der Waals surface area contributed by atoms with Crippen LogP contribution in [-0.4, -0.2) is 59.7 Å². The predicted molar refractivity (Wildman–Crippen MR) is 66.1 cm³/mol. The fourth-order valence-corrected chi connectivity index (χ4v) is 1.42. The predicted octanol–water partition coefficient (Wildman–Crippen LogP) is -0.588. The van der Waals surface area contributed by atoms with Crippen LogP contribution in [0.5, 0.6) is 0 Å². The zero-order valence-electron chi connectivity index (χ0n) is 11.0. The van der Waals surface area contributed by atoms with Crippen LogP contribution in [0.1, 0.15) is 12.6 Å². The van der Waals surface area contributed by atoms with E-state index in [-0.39, 0.29) is 0 Å². The zero-order valence-corrected chi connectivity index (χ0v) is 11.0. The summed E-state index contributed by atoms with van der Waals surface area (Å²) in [6, 6.07) is 0. The summed E-state index contributed by atoms with van der Waals surface area (Å²) in [4.78, 5) is 0. The van der Waals surface area contributed by atoms with E-state index >= 15 is 0 Å². The van der Waals surface area contributed by atoms with Crippen molar-refractivity contribution in [2.45, 2.75) is 26.1 Å². The molecule has 1 heterocycles. The fraction of sp³-hybridized carbons (Fsp3) is 0.818. The molecule has 104 valence electrons. The minimum absolute atomic E-state index is 0.317. The minimum atomic E-state index is -0.555. The van der Waals surface area contributed by atoms with Gasteiger partial charge >= 0.3 is 0 Å². The van der Waals surface area contributed by atoms with E-state index in [0.717, 1.165) is 12.2 Å². The van der Waals surface area contributed by atoms with Crippen LogP contribution in [0.25, 0.3) is 0 Å². The molecule has 0 aliphatic heterocycles. The highest BCUT2D eigenvalue weighted by atomic mass is 16.5. The molecular formula is C11H22N4O3. The molecule has 1 unspecified atom stereocenters. The number of hydrogen-bond donors (Lipinski definition) is 2. The van der Waals surface area contributed by atoms with Gasteiger partial charge in [0.05, 0.1) is 31.6 Å². The van der Waals surface area contributed by atoms with Gasteiger partial charge in [0.2, 0.25) is 0 Å². The van der Waals surface area contributed by atoms with Crippen molar-refractivity contribution >= 4 is 0 Å². The first kappa shape index (κ1) is 15.0. The number of nitrogens with zero attached hydrogens (tertiary/aromatic N) is 3. The number of aliphatic hydroxyl groups excluding tert-OH is 1. The number of methoxy groups -OCH3 is 1. The molecule has 1 atom stereocenters. The molecule has 0 spiro atoms. The van der Waals surface area contributed by atoms with E-state index in [9.17, 15) is 5.11 Å². The molecule has 0 amide bonds. The summed E-state index contributed by atoms with van der Waals surface area (Å²) < 4.78 is 11.7. The highest BCUT2D eigenvalue weighted by Crippen LogP contribution is 1.96. The Balaban J connectivity index is 2.25. The van der Waals surface area contributed by atoms with Crippen molar-refractivity contribution in [2.75, 3.05) is 33.5 Å². The molecule has 1 aromatic rings. The van der Waals surface area contributed by atoms with Crippen LogP contribution in [0.15, 0.2) is 6.20 Å². The van der Waals surface area contributed by atoms with Crippen LogP contribution in [0.4, 0.5) is 0 Å². The minimum Gasteiger partial charge on any atom is -0.389 e. The molecule has 0 aromatic carbocycles. The van der Waals surface area contributed by atoms with Gasteiger partial charge in [0, 0.05) is 33.0 Å². The lowest BCUT2D eigenvalue weighted by Gasteiger charge is -2.09. The molecule has 0 radical (unpaired) electrons. The Bertz CT molecular complexity index is 319. The van der Waals surface area contributed by atoms with Crippen LogP contribution in [0, 0.1) is 0 Å². The number of nitrogens with one attached hydrogen (secondary N) is 1. The van der Waals surface area contributed by atoms with Crippen molar-refractivity contribution in [1.29, 1.82) is 0 Å². The average Bonchev–Trinajstić information content (AvgIpc) is 2.80. The molecule has 1 aromatic heterocycles. The van der Waals surface area contributed by atoms with E-state index in [0.29, 0.717) is 32.9 Å². The highest BCUT2D eigenvalue weighted by Gasteiger charge is 2.07. The standard InChI is InChI=1S/C11H22N4O3/c1-3-18-9-11(16)8-15-7-10(13-14-15)6-12-4-5-17-2/h7,11-12,16H,3-6,8-9H2,1-2H3. The monoisotopic (exact) mass is 258 g/mol. The molecule has 0 saturated heterocycles. The maximum Gasteiger partial charge on any atom is 0.0969 e. The lowest BCUT2D eigenvalue weighted by molar-refractivity contribution is 0.0313. The second kappa shape index (κ2) is 8.98. The smallest absolute Gasteiger partial charge is 0.0969 e. The summed E-state index contributed by atoms with van der Waals surface area (Å²) >= 11 is 0. The van der Waals surface area contributed by atoms with E-state index in [1.807, 2.05) is 13.1 Å². The van der Waals surface area contributed by atoms with Gasteiger partial charge in [-0.25, -0.2) is 4.68 Å². The van der Waals surface area contributed by atoms with Crippen molar-refractivity contribution in [3.05, 3.63) is 11.9 Å². The second-order valence-electron chi connectivity index (χ2n) is 3.91. The van der Waals surface area contributed by atoms with E-state index in [4.69, 9.17) is 9.47 Å². The van der Waals surface area contributed by atoms with E-state index in [1.54, 1.807) is 11.8 Å². The lowest BCUT2D eigenvalue weighted by Crippen LogP contribution is -2.22. The van der Waals surface area contributed by atoms with Crippen LogP contribution >= 0.6 is 0 Å². The van der Waals surface area contributed by atoms with Crippen LogP contribution in [0.2, 0.25) is 0 Å². The normalized spacial score (nSPS) is 12.8. The van der Waals surface area contributed by atoms with Gasteiger partial charge in [-0.05, 0) is 6.92 Å². The Hall–Kier alpha value is -1.02. The SMILES string of the molecule is CCOCC(O)Cn1cc(CNCCOC)nn1. The molecule has 0 aliphatic rings. The number of aliphatic hydroxyl groups is 1. The number of rotatable bonds is 10. The molecule has 1 rings (SSSR count). The first-order valence-corrected chi connectivity index (χ1v) is 6.10. The summed E-state index contributed by atoms with van der Waals surface area (Å²) in [7, 11) is 1.66. The average molecular weight is 258 g/mol. The topological polar surface area (TPSA) is 81.4 Å². The van der Waals surface area contributed by atoms with Crippen molar-refractivity contribution < 1.29 is 14.6 Å². The van der Waals surface area contributed by atoms with Gasteiger partial charge in [0.15, 0.2) is 0 Å². The molecule has 0 saturated carbocycles. The van der Waals surface area contributed by atoms with Crippen molar-refractivity contribution in [3.8, 4) is 0 Å². The van der Waals surface area contributed by atoms with Gasteiger partial charge < -0.3 is 19.9 Å². The van der Waals surface area contributed by atoms with Gasteiger partial charge in [0.1, 0.15) is 0 Å². The number of ether oxygens (including phenoxy) is 2. The van der Waals surface area contributed by atoms with Crippen LogP contribution in [0.3, 0.4) is 0 Å². The maximum atomic E-state index is 9.64. The van der Waals surface area contributed by atoms with Crippen LogP contribution in [-0.2, 0) is 22.6 Å². The summed E-state index contributed by atoms with van der Waals surface area (Å²) in [6.07, 6.45) is 1.26. The van der Waals surface area contributed by atoms with E-state index < -0.39 is 6.10 Å². The molecule has 0 aliphatic carbocycles. The van der Waals surface area contributed by atoms with Gasteiger partial charge in [-0.15, -0.1) is 5.10 Å². The van der Waals surface area contributed by atoms with E-state index in [1.165, 1.54) is 0 Å². The van der Waals surface area contributed by atoms with Gasteiger partial charge in [-0.3, -0.25) is 0 Å². The molecule has 18 heavy (non-hydrogen) atoms. The zero-order chi connectivity index (χ0) is 13.2. The van der Waals surface area contributed by atoms with Crippen molar-refractivity contribution in [2.24, 2.45) is 0 Å². The Morgan fingerprint density at radius 1 is 1.56 bits per heavy atom. The molecule has 0 bridgehead atoms. The molecule has 7 heteroatoms. The third kappa shape index (κ3) is 6.06. The highest BCUT2D eigenvalue weighted by molar-refractivity contribution is 4.91. The number of hydrogen-bond acceptors (Lipinski definition) is 6. The second-order valence-corrected chi connectivity index (χ2v) is 3.91. The first-order chi connectivity index (χ1) is 8.76. The van der Waals surface area contributed by atoms with Gasteiger partial charge in [-0.1, -0.05) is 5.21 Å². The summed E-state index contributed by atoms with van der Waals surface area (Å²) in [6.45, 7) is 5.29. The Morgan fingerprint density at radius 3 is 3.11 bits per heavy atom. The Labute approximate surface area is 107 Å². The van der Waals surface area contributed by atoms with Crippen molar-refractivity contribution in [3.63, 3.8) is 0 Å². The summed E-state index contributed by atoms with van der Waals surface area (Å²) in [5.74, 6) is 0. The third-order valence-electron chi connectivity index (χ3n) is 2.29. The van der Waals surface area contributed by atoms with Gasteiger partial charge in [0.25, 0.3) is 0 Å². The van der Waals surface area contributed by atoms with Gasteiger partial charge in [-0.2, -0.15) is 0 Å². The Kier molecular flexibility index (Phi) is 7.51. The van der Waals surface area contributed by atoms with E-state index in [2.05, 4.69) is 15.6 Å². The first-order valence-electron chi connectivity index (χ1n) is 6.10. The molecule has 0 fully saturated rings. The quantitative estimate of drug-likeness (QED) is 0.546. The summed E-state index contributed by atoms with van der Waals surface area (Å²) in [5.41, 5.74) is 0.842. The molecule has 2 N–H and O–H groups in total. The fourth-order valence-electron chi connectivity index (χ4n) is 1.42. The molecule has 7 nitrogen and oxygen atoms in total. The maximum absolute atomic E-state index is 9.64. The van der Waals surface area contributed by atoms with Crippen LogP contribution < -0.4 is 5.32 Å². The largest absolute Gasteiger partial charge is 0.389 e. The third-order valence-corrected chi connectivity index (χ3v) is 2.29. The number of aromatic nitrogens is 3.